The molecular formula is C16H20ClN3O5S. The summed E-state index contributed by atoms with van der Waals surface area (Å²) in [7, 11) is 0. The molecule has 0 heterocycles. The monoisotopic (exact) mass is 401 g/mol. The lowest BCUT2D eigenvalue weighted by Gasteiger charge is -2.17. The molecule has 0 unspecified atom stereocenters. The Hall–Kier alpha value is -2.26. The van der Waals surface area contributed by atoms with E-state index in [4.69, 9.17) is 22.1 Å². The van der Waals surface area contributed by atoms with Crippen LogP contribution < -0.4 is 16.4 Å². The topological polar surface area (TPSA) is 128 Å². The Bertz CT molecular complexity index is 654. The summed E-state index contributed by atoms with van der Waals surface area (Å²) < 4.78 is 4.90. The van der Waals surface area contributed by atoms with Crippen molar-refractivity contribution >= 4 is 47.1 Å². The van der Waals surface area contributed by atoms with Crippen LogP contribution in [0.5, 0.6) is 0 Å². The maximum atomic E-state index is 12.3. The molecule has 4 N–H and O–H groups in total. The third kappa shape index (κ3) is 8.21. The maximum absolute atomic E-state index is 12.3. The molecule has 0 aliphatic rings. The average molecular weight is 402 g/mol. The van der Waals surface area contributed by atoms with Crippen molar-refractivity contribution in [2.45, 2.75) is 12.5 Å². The number of thioether (sulfide) groups is 1. The number of nitrogens with two attached hydrogens (primary N) is 1. The van der Waals surface area contributed by atoms with Crippen molar-refractivity contribution in [1.82, 2.24) is 10.6 Å². The molecule has 1 rings (SSSR count). The van der Waals surface area contributed by atoms with Crippen LogP contribution in [0.25, 0.3) is 0 Å². The summed E-state index contributed by atoms with van der Waals surface area (Å²) in [6.07, 6.45) is 2.20. The molecule has 8 nitrogen and oxygen atoms in total. The van der Waals surface area contributed by atoms with E-state index in [1.165, 1.54) is 23.9 Å². The minimum absolute atomic E-state index is 0.336. The number of nitrogens with one attached hydrogen (secondary N) is 2. The molecule has 0 fully saturated rings. The van der Waals surface area contributed by atoms with Gasteiger partial charge in [0, 0.05) is 10.6 Å². The van der Waals surface area contributed by atoms with Crippen LogP contribution >= 0.6 is 23.4 Å². The molecule has 1 aromatic carbocycles. The Morgan fingerprint density at radius 2 is 1.88 bits per heavy atom. The largest absolute Gasteiger partial charge is 0.454 e. The highest BCUT2D eigenvalue weighted by Crippen LogP contribution is 2.10. The summed E-state index contributed by atoms with van der Waals surface area (Å²) in [5.41, 5.74) is 5.24. The van der Waals surface area contributed by atoms with Gasteiger partial charge in [0.15, 0.2) is 6.61 Å². The lowest BCUT2D eigenvalue weighted by molar-refractivity contribution is -0.150. The van der Waals surface area contributed by atoms with Crippen molar-refractivity contribution in [2.75, 3.05) is 25.2 Å². The van der Waals surface area contributed by atoms with Gasteiger partial charge in [-0.15, -0.1) is 0 Å². The number of esters is 1. The van der Waals surface area contributed by atoms with Crippen LogP contribution in [0.3, 0.4) is 0 Å². The number of rotatable bonds is 10. The number of benzene rings is 1. The normalized spacial score (nSPS) is 11.3. The summed E-state index contributed by atoms with van der Waals surface area (Å²) in [6, 6.07) is 5.29. The van der Waals surface area contributed by atoms with Crippen LogP contribution in [0.4, 0.5) is 0 Å². The van der Waals surface area contributed by atoms with Gasteiger partial charge in [-0.2, -0.15) is 11.8 Å². The molecule has 0 spiro atoms. The van der Waals surface area contributed by atoms with Crippen molar-refractivity contribution in [3.63, 3.8) is 0 Å². The van der Waals surface area contributed by atoms with Gasteiger partial charge in [0.05, 0.1) is 6.54 Å². The highest BCUT2D eigenvalue weighted by molar-refractivity contribution is 7.98. The van der Waals surface area contributed by atoms with Crippen LogP contribution in [-0.2, 0) is 19.1 Å². The van der Waals surface area contributed by atoms with Gasteiger partial charge in [-0.05, 0) is 42.7 Å². The van der Waals surface area contributed by atoms with Gasteiger partial charge >= 0.3 is 5.97 Å². The number of ether oxygens (including phenoxy) is 1. The van der Waals surface area contributed by atoms with Crippen molar-refractivity contribution < 1.29 is 23.9 Å². The molecule has 1 aromatic rings. The van der Waals surface area contributed by atoms with Crippen LogP contribution in [0.15, 0.2) is 24.3 Å². The first-order chi connectivity index (χ1) is 12.3. The maximum Gasteiger partial charge on any atom is 0.329 e. The zero-order chi connectivity index (χ0) is 19.5. The molecule has 0 aromatic heterocycles. The second-order valence-electron chi connectivity index (χ2n) is 5.17. The number of amides is 3. The van der Waals surface area contributed by atoms with Gasteiger partial charge in [0.2, 0.25) is 5.91 Å². The fourth-order valence-corrected chi connectivity index (χ4v) is 2.40. The second kappa shape index (κ2) is 11.4. The van der Waals surface area contributed by atoms with E-state index in [1.54, 1.807) is 12.1 Å². The Balaban J connectivity index is 2.62. The number of carbonyl (C=O) groups excluding carboxylic acids is 4. The highest BCUT2D eigenvalue weighted by Gasteiger charge is 2.23. The van der Waals surface area contributed by atoms with E-state index in [2.05, 4.69) is 10.6 Å². The van der Waals surface area contributed by atoms with Crippen molar-refractivity contribution in [1.29, 1.82) is 0 Å². The summed E-state index contributed by atoms with van der Waals surface area (Å²) in [6.45, 7) is -0.918. The van der Waals surface area contributed by atoms with Gasteiger partial charge in [-0.3, -0.25) is 14.4 Å². The molecule has 10 heteroatoms. The number of carbonyl (C=O) groups is 4. The third-order valence-corrected chi connectivity index (χ3v) is 4.01. The van der Waals surface area contributed by atoms with Crippen LogP contribution in [0, 0.1) is 0 Å². The summed E-state index contributed by atoms with van der Waals surface area (Å²) in [5.74, 6) is -1.96. The predicted octanol–water partition coefficient (Wildman–Crippen LogP) is 0.336. The van der Waals surface area contributed by atoms with E-state index < -0.39 is 36.3 Å². The number of primary amides is 1. The van der Waals surface area contributed by atoms with E-state index in [0.717, 1.165) is 0 Å². The van der Waals surface area contributed by atoms with Crippen LogP contribution in [0.2, 0.25) is 5.02 Å². The molecule has 0 aliphatic carbocycles. The van der Waals surface area contributed by atoms with E-state index in [0.29, 0.717) is 22.8 Å². The Labute approximate surface area is 160 Å². The van der Waals surface area contributed by atoms with Gasteiger partial charge in [-0.1, -0.05) is 11.6 Å². The summed E-state index contributed by atoms with van der Waals surface area (Å²) >= 11 is 7.28. The molecule has 0 radical (unpaired) electrons. The summed E-state index contributed by atoms with van der Waals surface area (Å²) in [4.78, 5) is 46.5. The smallest absolute Gasteiger partial charge is 0.329 e. The first kappa shape index (κ1) is 21.8. The molecule has 0 saturated heterocycles. The lowest BCUT2D eigenvalue weighted by Crippen LogP contribution is -2.43. The fourth-order valence-electron chi connectivity index (χ4n) is 1.80. The molecule has 142 valence electrons. The Kier molecular flexibility index (Phi) is 9.53. The summed E-state index contributed by atoms with van der Waals surface area (Å²) in [5, 5.41) is 5.27. The average Bonchev–Trinajstić information content (AvgIpc) is 2.61. The first-order valence-corrected chi connectivity index (χ1v) is 9.37. The lowest BCUT2D eigenvalue weighted by atomic mass is 10.1. The second-order valence-corrected chi connectivity index (χ2v) is 6.59. The molecule has 26 heavy (non-hydrogen) atoms. The predicted molar refractivity (Wildman–Crippen MR) is 98.9 cm³/mol. The molecule has 0 bridgehead atoms. The number of hydrogen-bond donors (Lipinski definition) is 3. The standard InChI is InChI=1S/C16H20ClN3O5S/c1-26-7-6-12(16(24)25-9-14(22)19-8-13(18)21)20-15(23)10-2-4-11(17)5-3-10/h2-5,12H,6-9H2,1H3,(H2,18,21)(H,19,22)(H,20,23)/t12-/m0/s1. The van der Waals surface area contributed by atoms with E-state index in [-0.39, 0.29) is 6.54 Å². The first-order valence-electron chi connectivity index (χ1n) is 7.60. The van der Waals surface area contributed by atoms with Gasteiger partial charge < -0.3 is 21.1 Å². The third-order valence-electron chi connectivity index (χ3n) is 3.11. The SMILES string of the molecule is CSCC[C@H](NC(=O)c1ccc(Cl)cc1)C(=O)OCC(=O)NCC(N)=O. The zero-order valence-electron chi connectivity index (χ0n) is 14.1. The van der Waals surface area contributed by atoms with E-state index >= 15 is 0 Å². The van der Waals surface area contributed by atoms with Crippen LogP contribution in [0.1, 0.15) is 16.8 Å². The number of halogens is 1. The molecule has 1 atom stereocenters. The number of hydrogen-bond acceptors (Lipinski definition) is 6. The van der Waals surface area contributed by atoms with Crippen LogP contribution in [-0.4, -0.2) is 54.9 Å². The molecule has 0 aliphatic heterocycles. The Morgan fingerprint density at radius 1 is 1.23 bits per heavy atom. The van der Waals surface area contributed by atoms with Gasteiger partial charge in [0.1, 0.15) is 6.04 Å². The van der Waals surface area contributed by atoms with E-state index in [9.17, 15) is 19.2 Å². The van der Waals surface area contributed by atoms with Crippen molar-refractivity contribution in [2.24, 2.45) is 5.73 Å². The van der Waals surface area contributed by atoms with E-state index in [1.807, 2.05) is 6.26 Å². The van der Waals surface area contributed by atoms with Crippen molar-refractivity contribution in [3.8, 4) is 0 Å². The molecular weight excluding hydrogens is 382 g/mol. The van der Waals surface area contributed by atoms with Crippen molar-refractivity contribution in [3.05, 3.63) is 34.9 Å². The quantitative estimate of drug-likeness (QED) is 0.485. The minimum Gasteiger partial charge on any atom is -0.454 e. The Morgan fingerprint density at radius 3 is 2.46 bits per heavy atom. The van der Waals surface area contributed by atoms with Gasteiger partial charge in [0.25, 0.3) is 11.8 Å². The fraction of sp³-hybridized carbons (Fsp3) is 0.375. The zero-order valence-corrected chi connectivity index (χ0v) is 15.7. The highest BCUT2D eigenvalue weighted by atomic mass is 35.5. The molecule has 0 saturated carbocycles. The van der Waals surface area contributed by atoms with Gasteiger partial charge in [-0.25, -0.2) is 4.79 Å². The molecule has 3 amide bonds. The minimum atomic E-state index is -0.908.